The Morgan fingerprint density at radius 2 is 2.15 bits per heavy atom. The number of halogens is 1. The molecule has 0 saturated carbocycles. The molecule has 0 atom stereocenters. The molecular formula is C19H23BrN4O2. The number of nitriles is 1. The molecule has 0 radical (unpaired) electrons. The van der Waals surface area contributed by atoms with Crippen molar-refractivity contribution in [3.05, 3.63) is 46.1 Å². The SMILES string of the molecule is N#C/C(=C/NCCc1ccccc1Br)C(=O)NCCCN1CCCC1=O. The highest BCUT2D eigenvalue weighted by atomic mass is 79.9. The zero-order valence-electron chi connectivity index (χ0n) is 14.6. The number of benzene rings is 1. The lowest BCUT2D eigenvalue weighted by Gasteiger charge is -2.15. The molecule has 1 fully saturated rings. The molecule has 6 nitrogen and oxygen atoms in total. The minimum Gasteiger partial charge on any atom is -0.389 e. The van der Waals surface area contributed by atoms with Gasteiger partial charge in [-0.2, -0.15) is 5.26 Å². The van der Waals surface area contributed by atoms with Crippen LogP contribution in [0.15, 0.2) is 40.5 Å². The van der Waals surface area contributed by atoms with E-state index >= 15 is 0 Å². The number of likely N-dealkylation sites (tertiary alicyclic amines) is 1. The van der Waals surface area contributed by atoms with Crippen LogP contribution in [0, 0.1) is 11.3 Å². The number of rotatable bonds is 9. The van der Waals surface area contributed by atoms with Crippen LogP contribution in [-0.4, -0.2) is 42.9 Å². The second-order valence-corrected chi connectivity index (χ2v) is 6.91. The van der Waals surface area contributed by atoms with E-state index < -0.39 is 5.91 Å². The number of hydrogen-bond donors (Lipinski definition) is 2. The summed E-state index contributed by atoms with van der Waals surface area (Å²) < 4.78 is 1.04. The maximum atomic E-state index is 12.0. The molecule has 0 bridgehead atoms. The molecule has 1 aliphatic rings. The van der Waals surface area contributed by atoms with Gasteiger partial charge < -0.3 is 15.5 Å². The van der Waals surface area contributed by atoms with E-state index in [9.17, 15) is 9.59 Å². The molecule has 2 amide bonds. The second kappa shape index (κ2) is 10.6. The average molecular weight is 419 g/mol. The van der Waals surface area contributed by atoms with Crippen molar-refractivity contribution in [3.8, 4) is 6.07 Å². The van der Waals surface area contributed by atoms with Crippen LogP contribution >= 0.6 is 15.9 Å². The summed E-state index contributed by atoms with van der Waals surface area (Å²) >= 11 is 3.49. The Morgan fingerprint density at radius 1 is 1.35 bits per heavy atom. The van der Waals surface area contributed by atoms with Crippen molar-refractivity contribution in [1.29, 1.82) is 5.26 Å². The fraction of sp³-hybridized carbons (Fsp3) is 0.421. The molecule has 0 unspecified atom stereocenters. The van der Waals surface area contributed by atoms with Crippen molar-refractivity contribution in [3.63, 3.8) is 0 Å². The normalized spacial score (nSPS) is 14.2. The number of carbonyl (C=O) groups excluding carboxylic acids is 2. The first kappa shape index (κ1) is 20.0. The Kier molecular flexibility index (Phi) is 8.16. The summed E-state index contributed by atoms with van der Waals surface area (Å²) in [7, 11) is 0. The van der Waals surface area contributed by atoms with E-state index in [1.54, 1.807) is 0 Å². The molecule has 1 aromatic rings. The quantitative estimate of drug-likeness (QED) is 0.365. The first-order valence-corrected chi connectivity index (χ1v) is 9.54. The Morgan fingerprint density at radius 3 is 2.85 bits per heavy atom. The molecule has 2 N–H and O–H groups in total. The molecule has 0 aromatic heterocycles. The van der Waals surface area contributed by atoms with Crippen LogP contribution < -0.4 is 10.6 Å². The highest BCUT2D eigenvalue weighted by Crippen LogP contribution is 2.15. The predicted octanol–water partition coefficient (Wildman–Crippen LogP) is 2.12. The predicted molar refractivity (Wildman–Crippen MR) is 103 cm³/mol. The van der Waals surface area contributed by atoms with E-state index in [0.29, 0.717) is 32.5 Å². The minimum absolute atomic E-state index is 0.0503. The Balaban J connectivity index is 1.68. The van der Waals surface area contributed by atoms with Gasteiger partial charge in [-0.3, -0.25) is 9.59 Å². The molecular weight excluding hydrogens is 396 g/mol. The van der Waals surface area contributed by atoms with Crippen LogP contribution in [-0.2, 0) is 16.0 Å². The zero-order valence-corrected chi connectivity index (χ0v) is 16.2. The first-order chi connectivity index (χ1) is 12.6. The third kappa shape index (κ3) is 6.19. The van der Waals surface area contributed by atoms with E-state index in [4.69, 9.17) is 5.26 Å². The Hall–Kier alpha value is -2.33. The van der Waals surface area contributed by atoms with Gasteiger partial charge in [0.1, 0.15) is 11.6 Å². The highest BCUT2D eigenvalue weighted by Gasteiger charge is 2.19. The fourth-order valence-corrected chi connectivity index (χ4v) is 3.22. The summed E-state index contributed by atoms with van der Waals surface area (Å²) in [5.74, 6) is -0.211. The minimum atomic E-state index is -0.395. The van der Waals surface area contributed by atoms with Crippen molar-refractivity contribution >= 4 is 27.7 Å². The van der Waals surface area contributed by atoms with E-state index in [-0.39, 0.29) is 11.5 Å². The summed E-state index contributed by atoms with van der Waals surface area (Å²) in [5, 5.41) is 14.9. The van der Waals surface area contributed by atoms with Crippen LogP contribution in [0.4, 0.5) is 0 Å². The number of amides is 2. The van der Waals surface area contributed by atoms with Crippen LogP contribution in [0.1, 0.15) is 24.8 Å². The van der Waals surface area contributed by atoms with Crippen molar-refractivity contribution in [2.75, 3.05) is 26.2 Å². The Bertz CT molecular complexity index is 712. The number of hydrogen-bond acceptors (Lipinski definition) is 4. The lowest BCUT2D eigenvalue weighted by Crippen LogP contribution is -2.31. The maximum Gasteiger partial charge on any atom is 0.263 e. The van der Waals surface area contributed by atoms with Crippen molar-refractivity contribution < 1.29 is 9.59 Å². The molecule has 0 aliphatic carbocycles. The molecule has 1 saturated heterocycles. The van der Waals surface area contributed by atoms with Crippen LogP contribution in [0.5, 0.6) is 0 Å². The topological polar surface area (TPSA) is 85.2 Å². The third-order valence-electron chi connectivity index (χ3n) is 4.17. The van der Waals surface area contributed by atoms with Gasteiger partial charge in [0.2, 0.25) is 5.91 Å². The van der Waals surface area contributed by atoms with Gasteiger partial charge in [0.25, 0.3) is 5.91 Å². The van der Waals surface area contributed by atoms with Gasteiger partial charge in [-0.25, -0.2) is 0 Å². The maximum absolute atomic E-state index is 12.0. The molecule has 1 aliphatic heterocycles. The largest absolute Gasteiger partial charge is 0.389 e. The third-order valence-corrected chi connectivity index (χ3v) is 4.94. The van der Waals surface area contributed by atoms with Crippen molar-refractivity contribution in [2.24, 2.45) is 0 Å². The highest BCUT2D eigenvalue weighted by molar-refractivity contribution is 9.10. The van der Waals surface area contributed by atoms with E-state index in [1.807, 2.05) is 35.2 Å². The zero-order chi connectivity index (χ0) is 18.8. The van der Waals surface area contributed by atoms with Crippen LogP contribution in [0.2, 0.25) is 0 Å². The first-order valence-electron chi connectivity index (χ1n) is 8.75. The van der Waals surface area contributed by atoms with E-state index in [1.165, 1.54) is 6.20 Å². The molecule has 0 spiro atoms. The molecule has 138 valence electrons. The smallest absolute Gasteiger partial charge is 0.263 e. The molecule has 7 heteroatoms. The monoisotopic (exact) mass is 418 g/mol. The van der Waals surface area contributed by atoms with Gasteiger partial charge in [0.15, 0.2) is 0 Å². The molecule has 1 heterocycles. The lowest BCUT2D eigenvalue weighted by molar-refractivity contribution is -0.127. The summed E-state index contributed by atoms with van der Waals surface area (Å²) in [6.07, 6.45) is 4.46. The van der Waals surface area contributed by atoms with E-state index in [0.717, 1.165) is 29.4 Å². The van der Waals surface area contributed by atoms with Crippen LogP contribution in [0.3, 0.4) is 0 Å². The van der Waals surface area contributed by atoms with Gasteiger partial charge in [-0.05, 0) is 30.9 Å². The second-order valence-electron chi connectivity index (χ2n) is 6.06. The van der Waals surface area contributed by atoms with Crippen molar-refractivity contribution in [2.45, 2.75) is 25.7 Å². The summed E-state index contributed by atoms with van der Waals surface area (Å²) in [6.45, 7) is 2.52. The number of nitrogens with one attached hydrogen (secondary N) is 2. The molecule has 26 heavy (non-hydrogen) atoms. The summed E-state index contributed by atoms with van der Waals surface area (Å²) in [4.78, 5) is 25.3. The summed E-state index contributed by atoms with van der Waals surface area (Å²) in [5.41, 5.74) is 1.21. The summed E-state index contributed by atoms with van der Waals surface area (Å²) in [6, 6.07) is 9.85. The molecule has 1 aromatic carbocycles. The molecule has 2 rings (SSSR count). The standard InChI is InChI=1S/C19H23BrN4O2/c20-17-6-2-1-5-15(17)8-10-22-14-16(13-21)19(26)23-9-4-12-24-11-3-7-18(24)25/h1-2,5-6,14,22H,3-4,7-12H2,(H,23,26)/b16-14-. The van der Waals surface area contributed by atoms with Gasteiger partial charge in [0, 0.05) is 43.3 Å². The van der Waals surface area contributed by atoms with Crippen molar-refractivity contribution in [1.82, 2.24) is 15.5 Å². The van der Waals surface area contributed by atoms with E-state index in [2.05, 4.69) is 26.6 Å². The Labute approximate surface area is 162 Å². The number of nitrogens with zero attached hydrogens (tertiary/aromatic N) is 2. The van der Waals surface area contributed by atoms with Gasteiger partial charge >= 0.3 is 0 Å². The van der Waals surface area contributed by atoms with Gasteiger partial charge in [-0.15, -0.1) is 0 Å². The lowest BCUT2D eigenvalue weighted by atomic mass is 10.1. The van der Waals surface area contributed by atoms with Gasteiger partial charge in [0.05, 0.1) is 0 Å². The van der Waals surface area contributed by atoms with Crippen LogP contribution in [0.25, 0.3) is 0 Å². The fourth-order valence-electron chi connectivity index (χ4n) is 2.74. The average Bonchev–Trinajstić information content (AvgIpc) is 3.05. The number of carbonyl (C=O) groups is 2. The van der Waals surface area contributed by atoms with Gasteiger partial charge in [-0.1, -0.05) is 34.1 Å².